The molecule has 1 aromatic heterocycles. The summed E-state index contributed by atoms with van der Waals surface area (Å²) in [5, 5.41) is 4.71. The van der Waals surface area contributed by atoms with E-state index in [1.165, 1.54) is 22.5 Å². The third kappa shape index (κ3) is 5.35. The second kappa shape index (κ2) is 8.84. The van der Waals surface area contributed by atoms with Gasteiger partial charge >= 0.3 is 5.97 Å². The van der Waals surface area contributed by atoms with E-state index in [4.69, 9.17) is 4.74 Å². The Hall–Kier alpha value is -1.86. The van der Waals surface area contributed by atoms with Crippen LogP contribution in [0.3, 0.4) is 0 Å². The van der Waals surface area contributed by atoms with Crippen LogP contribution in [-0.4, -0.2) is 29.2 Å². The highest BCUT2D eigenvalue weighted by Crippen LogP contribution is 2.22. The smallest absolute Gasteiger partial charge is 0.357 e. The largest absolute Gasteiger partial charge is 0.461 e. The fourth-order valence-corrected chi connectivity index (χ4v) is 3.52. The highest BCUT2D eigenvalue weighted by molar-refractivity contribution is 7.99. The number of rotatable bonds is 7. The van der Waals surface area contributed by atoms with Gasteiger partial charge in [0, 0.05) is 22.4 Å². The van der Waals surface area contributed by atoms with Gasteiger partial charge in [-0.1, -0.05) is 6.07 Å². The minimum atomic E-state index is -0.473. The van der Waals surface area contributed by atoms with Gasteiger partial charge in [-0.25, -0.2) is 9.78 Å². The van der Waals surface area contributed by atoms with Crippen molar-refractivity contribution in [3.05, 3.63) is 40.4 Å². The Morgan fingerprint density at radius 2 is 2.08 bits per heavy atom. The lowest BCUT2D eigenvalue weighted by atomic mass is 10.1. The number of carbonyl (C=O) groups is 2. The molecule has 24 heavy (non-hydrogen) atoms. The monoisotopic (exact) mass is 364 g/mol. The third-order valence-corrected chi connectivity index (χ3v) is 5.06. The predicted octanol–water partition coefficient (Wildman–Crippen LogP) is 4.06. The number of nitrogens with zero attached hydrogens (tertiary/aromatic N) is 1. The van der Waals surface area contributed by atoms with Gasteiger partial charge in [0.05, 0.1) is 6.61 Å². The minimum Gasteiger partial charge on any atom is -0.461 e. The molecule has 0 saturated carbocycles. The number of hydrogen-bond acceptors (Lipinski definition) is 6. The van der Waals surface area contributed by atoms with E-state index in [-0.39, 0.29) is 11.6 Å². The first-order valence-electron chi connectivity index (χ1n) is 7.62. The first-order chi connectivity index (χ1) is 11.5. The number of anilines is 1. The summed E-state index contributed by atoms with van der Waals surface area (Å²) in [4.78, 5) is 28.7. The second-order valence-corrected chi connectivity index (χ2v) is 7.18. The van der Waals surface area contributed by atoms with Crippen molar-refractivity contribution in [2.75, 3.05) is 17.7 Å². The number of amides is 1. The number of esters is 1. The maximum Gasteiger partial charge on any atom is 0.357 e. The lowest BCUT2D eigenvalue weighted by molar-refractivity contribution is -0.115. The summed E-state index contributed by atoms with van der Waals surface area (Å²) in [6.07, 6.45) is 0.381. The standard InChI is InChI=1S/C17H20N2O3S2/c1-4-22-16(21)14-10-24-17(18-14)19-15(20)7-8-23-13-6-5-11(2)12(3)9-13/h5-6,9-10H,4,7-8H2,1-3H3,(H,18,19,20). The Morgan fingerprint density at radius 3 is 2.79 bits per heavy atom. The van der Waals surface area contributed by atoms with Gasteiger partial charge in [0.2, 0.25) is 5.91 Å². The lowest BCUT2D eigenvalue weighted by Crippen LogP contribution is -2.12. The average Bonchev–Trinajstić information content (AvgIpc) is 2.99. The van der Waals surface area contributed by atoms with Crippen LogP contribution in [0.15, 0.2) is 28.5 Å². The molecular weight excluding hydrogens is 344 g/mol. The van der Waals surface area contributed by atoms with Gasteiger partial charge in [-0.05, 0) is 44.0 Å². The average molecular weight is 364 g/mol. The van der Waals surface area contributed by atoms with Crippen LogP contribution in [0.25, 0.3) is 0 Å². The van der Waals surface area contributed by atoms with E-state index in [1.54, 1.807) is 24.1 Å². The third-order valence-electron chi connectivity index (χ3n) is 3.31. The number of nitrogens with one attached hydrogen (secondary N) is 1. The summed E-state index contributed by atoms with van der Waals surface area (Å²) in [5.74, 6) is 0.0976. The zero-order valence-electron chi connectivity index (χ0n) is 13.9. The number of hydrogen-bond donors (Lipinski definition) is 1. The van der Waals surface area contributed by atoms with Gasteiger partial charge in [-0.15, -0.1) is 23.1 Å². The van der Waals surface area contributed by atoms with Gasteiger partial charge in [-0.2, -0.15) is 0 Å². The molecule has 0 atom stereocenters. The Kier molecular flexibility index (Phi) is 6.81. The molecule has 1 heterocycles. The van der Waals surface area contributed by atoms with Crippen molar-refractivity contribution in [1.29, 1.82) is 0 Å². The van der Waals surface area contributed by atoms with Gasteiger partial charge < -0.3 is 10.1 Å². The first-order valence-corrected chi connectivity index (χ1v) is 9.48. The van der Waals surface area contributed by atoms with E-state index < -0.39 is 5.97 Å². The van der Waals surface area contributed by atoms with Gasteiger partial charge in [0.15, 0.2) is 10.8 Å². The van der Waals surface area contributed by atoms with Crippen LogP contribution >= 0.6 is 23.1 Å². The summed E-state index contributed by atoms with van der Waals surface area (Å²) in [6.45, 7) is 6.19. The van der Waals surface area contributed by atoms with E-state index in [1.807, 2.05) is 0 Å². The topological polar surface area (TPSA) is 68.3 Å². The zero-order valence-corrected chi connectivity index (χ0v) is 15.6. The molecule has 0 radical (unpaired) electrons. The summed E-state index contributed by atoms with van der Waals surface area (Å²) >= 11 is 2.86. The van der Waals surface area contributed by atoms with Crippen LogP contribution in [-0.2, 0) is 9.53 Å². The van der Waals surface area contributed by atoms with Crippen molar-refractivity contribution in [1.82, 2.24) is 4.98 Å². The maximum absolute atomic E-state index is 12.0. The molecular formula is C17H20N2O3S2. The molecule has 1 aromatic carbocycles. The van der Waals surface area contributed by atoms with Crippen molar-refractivity contribution < 1.29 is 14.3 Å². The number of aryl methyl sites for hydroxylation is 2. The van der Waals surface area contributed by atoms with Crippen LogP contribution in [0.2, 0.25) is 0 Å². The van der Waals surface area contributed by atoms with Crippen LogP contribution < -0.4 is 5.32 Å². The molecule has 0 aliphatic heterocycles. The molecule has 0 saturated heterocycles. The molecule has 5 nitrogen and oxygen atoms in total. The minimum absolute atomic E-state index is 0.115. The van der Waals surface area contributed by atoms with Crippen LogP contribution in [0.4, 0.5) is 5.13 Å². The number of carbonyl (C=O) groups excluding carboxylic acids is 2. The van der Waals surface area contributed by atoms with Crippen LogP contribution in [0.1, 0.15) is 35.0 Å². The summed E-state index contributed by atoms with van der Waals surface area (Å²) in [5.41, 5.74) is 2.73. The normalized spacial score (nSPS) is 10.5. The SMILES string of the molecule is CCOC(=O)c1csc(NC(=O)CCSc2ccc(C)c(C)c2)n1. The molecule has 7 heteroatoms. The van der Waals surface area contributed by atoms with E-state index in [0.717, 1.165) is 4.90 Å². The van der Waals surface area contributed by atoms with E-state index >= 15 is 0 Å². The molecule has 0 fully saturated rings. The second-order valence-electron chi connectivity index (χ2n) is 5.15. The Morgan fingerprint density at radius 1 is 1.29 bits per heavy atom. The zero-order chi connectivity index (χ0) is 17.5. The Balaban J connectivity index is 1.79. The van der Waals surface area contributed by atoms with Crippen molar-refractivity contribution in [2.45, 2.75) is 32.1 Å². The maximum atomic E-state index is 12.0. The summed E-state index contributed by atoms with van der Waals surface area (Å²) < 4.78 is 4.87. The molecule has 128 valence electrons. The Labute approximate surface area is 149 Å². The molecule has 0 unspecified atom stereocenters. The molecule has 1 N–H and O–H groups in total. The highest BCUT2D eigenvalue weighted by atomic mass is 32.2. The lowest BCUT2D eigenvalue weighted by Gasteiger charge is -2.05. The number of ether oxygens (including phenoxy) is 1. The fourth-order valence-electron chi connectivity index (χ4n) is 1.88. The van der Waals surface area contributed by atoms with Crippen molar-refractivity contribution in [3.63, 3.8) is 0 Å². The summed E-state index contributed by atoms with van der Waals surface area (Å²) in [6, 6.07) is 6.28. The highest BCUT2D eigenvalue weighted by Gasteiger charge is 2.13. The first kappa shape index (κ1) is 18.5. The van der Waals surface area contributed by atoms with E-state index in [0.29, 0.717) is 23.9 Å². The van der Waals surface area contributed by atoms with Crippen LogP contribution in [0, 0.1) is 13.8 Å². The number of aromatic nitrogens is 1. The fraction of sp³-hybridized carbons (Fsp3) is 0.353. The van der Waals surface area contributed by atoms with Crippen molar-refractivity contribution >= 4 is 40.1 Å². The van der Waals surface area contributed by atoms with Gasteiger partial charge in [-0.3, -0.25) is 4.79 Å². The quantitative estimate of drug-likeness (QED) is 0.593. The number of benzene rings is 1. The summed E-state index contributed by atoms with van der Waals surface area (Å²) in [7, 11) is 0. The van der Waals surface area contributed by atoms with Crippen molar-refractivity contribution in [3.8, 4) is 0 Å². The van der Waals surface area contributed by atoms with Gasteiger partial charge in [0.25, 0.3) is 0 Å². The number of thiazole rings is 1. The van der Waals surface area contributed by atoms with E-state index in [2.05, 4.69) is 42.3 Å². The molecule has 0 aliphatic rings. The Bertz CT molecular complexity index is 728. The van der Waals surface area contributed by atoms with Crippen LogP contribution in [0.5, 0.6) is 0 Å². The molecule has 0 aliphatic carbocycles. The molecule has 0 spiro atoms. The van der Waals surface area contributed by atoms with Crippen molar-refractivity contribution in [2.24, 2.45) is 0 Å². The van der Waals surface area contributed by atoms with Gasteiger partial charge in [0.1, 0.15) is 0 Å². The molecule has 2 rings (SSSR count). The van der Waals surface area contributed by atoms with E-state index in [9.17, 15) is 9.59 Å². The number of thioether (sulfide) groups is 1. The molecule has 2 aromatic rings. The molecule has 0 bridgehead atoms. The predicted molar refractivity (Wildman–Crippen MR) is 98.0 cm³/mol. The molecule has 1 amide bonds.